The third kappa shape index (κ3) is 4.82. The van der Waals surface area contributed by atoms with Crippen molar-refractivity contribution in [3.63, 3.8) is 0 Å². The number of hydrogen-bond acceptors (Lipinski definition) is 6. The fourth-order valence-corrected chi connectivity index (χ4v) is 2.99. The molecule has 0 saturated carbocycles. The lowest BCUT2D eigenvalue weighted by Crippen LogP contribution is -2.21. The van der Waals surface area contributed by atoms with E-state index < -0.39 is 4.92 Å². The number of nitrogens with two attached hydrogens (primary N) is 1. The molecule has 0 saturated heterocycles. The Hall–Kier alpha value is -2.41. The number of halogens is 1. The summed E-state index contributed by atoms with van der Waals surface area (Å²) in [6, 6.07) is 1.48. The lowest BCUT2D eigenvalue weighted by atomic mass is 10.1. The van der Waals surface area contributed by atoms with Gasteiger partial charge in [0.15, 0.2) is 0 Å². The molecular formula is C18H24ClN3O4. The van der Waals surface area contributed by atoms with Gasteiger partial charge in [0.1, 0.15) is 5.76 Å². The standard InChI is InChI=1S/C18H24ClN3O4/c1-3-4-5-10-26-13-6-8-21(9-7-13)12-14-15(19)11-16(20)18(25-2)17(14)22(23)24/h6-8,11H,3-5,9-10,12,20H2,1-2H3. The molecule has 2 N–H and O–H groups in total. The quantitative estimate of drug-likeness (QED) is 0.297. The number of rotatable bonds is 9. The summed E-state index contributed by atoms with van der Waals surface area (Å²) in [7, 11) is 1.35. The Labute approximate surface area is 158 Å². The topological polar surface area (TPSA) is 90.9 Å². The molecule has 1 aliphatic rings. The third-order valence-corrected chi connectivity index (χ3v) is 4.41. The predicted molar refractivity (Wildman–Crippen MR) is 102 cm³/mol. The van der Waals surface area contributed by atoms with Crippen LogP contribution in [0.5, 0.6) is 5.75 Å². The molecule has 7 nitrogen and oxygen atoms in total. The molecule has 0 atom stereocenters. The van der Waals surface area contributed by atoms with E-state index in [0.717, 1.165) is 25.0 Å². The van der Waals surface area contributed by atoms with Crippen LogP contribution in [0.4, 0.5) is 11.4 Å². The molecule has 1 heterocycles. The van der Waals surface area contributed by atoms with E-state index in [-0.39, 0.29) is 28.7 Å². The number of nitrogen functional groups attached to an aromatic ring is 1. The van der Waals surface area contributed by atoms with Crippen LogP contribution in [0.15, 0.2) is 30.2 Å². The highest BCUT2D eigenvalue weighted by molar-refractivity contribution is 6.32. The molecule has 0 aliphatic carbocycles. The zero-order valence-electron chi connectivity index (χ0n) is 15.0. The van der Waals surface area contributed by atoms with Gasteiger partial charge in [0.25, 0.3) is 0 Å². The van der Waals surface area contributed by atoms with Crippen molar-refractivity contribution >= 4 is 23.0 Å². The maximum atomic E-state index is 11.5. The Morgan fingerprint density at radius 2 is 2.19 bits per heavy atom. The highest BCUT2D eigenvalue weighted by Gasteiger charge is 2.27. The molecule has 8 heteroatoms. The number of nitrogens with zero attached hydrogens (tertiary/aromatic N) is 2. The van der Waals surface area contributed by atoms with Crippen molar-refractivity contribution in [3.05, 3.63) is 50.9 Å². The van der Waals surface area contributed by atoms with Gasteiger partial charge in [-0.2, -0.15) is 0 Å². The summed E-state index contributed by atoms with van der Waals surface area (Å²) in [5.41, 5.74) is 6.11. The van der Waals surface area contributed by atoms with Crippen LogP contribution in [0.1, 0.15) is 31.7 Å². The molecular weight excluding hydrogens is 358 g/mol. The van der Waals surface area contributed by atoms with E-state index in [9.17, 15) is 10.1 Å². The van der Waals surface area contributed by atoms with Crippen molar-refractivity contribution < 1.29 is 14.4 Å². The van der Waals surface area contributed by atoms with E-state index >= 15 is 0 Å². The highest BCUT2D eigenvalue weighted by atomic mass is 35.5. The van der Waals surface area contributed by atoms with Crippen molar-refractivity contribution in [2.45, 2.75) is 32.7 Å². The summed E-state index contributed by atoms with van der Waals surface area (Å²) in [6.07, 6.45) is 8.96. The molecule has 0 aromatic heterocycles. The minimum Gasteiger partial charge on any atom is -0.494 e. The van der Waals surface area contributed by atoms with Gasteiger partial charge in [0.2, 0.25) is 5.75 Å². The molecule has 1 aliphatic heterocycles. The Morgan fingerprint density at radius 1 is 1.42 bits per heavy atom. The minimum atomic E-state index is -0.512. The van der Waals surface area contributed by atoms with Crippen LogP contribution in [0.2, 0.25) is 5.02 Å². The number of ether oxygens (including phenoxy) is 2. The Kier molecular flexibility index (Phi) is 7.15. The number of methoxy groups -OCH3 is 1. The van der Waals surface area contributed by atoms with Gasteiger partial charge in [-0.3, -0.25) is 10.1 Å². The largest absolute Gasteiger partial charge is 0.494 e. The maximum absolute atomic E-state index is 11.5. The average Bonchev–Trinajstić information content (AvgIpc) is 2.61. The Balaban J connectivity index is 2.10. The van der Waals surface area contributed by atoms with Crippen molar-refractivity contribution in [2.24, 2.45) is 0 Å². The third-order valence-electron chi connectivity index (χ3n) is 4.07. The molecule has 26 heavy (non-hydrogen) atoms. The van der Waals surface area contributed by atoms with Gasteiger partial charge in [-0.25, -0.2) is 0 Å². The maximum Gasteiger partial charge on any atom is 0.319 e. The Bertz CT molecular complexity index is 719. The van der Waals surface area contributed by atoms with E-state index in [1.54, 1.807) is 0 Å². The number of allylic oxidation sites excluding steroid dienone is 1. The fraction of sp³-hybridized carbons (Fsp3) is 0.444. The SMILES string of the molecule is CCCCCOC1=CCN(Cc2c(Cl)cc(N)c(OC)c2[N+](=O)[O-])C=C1. The van der Waals surface area contributed by atoms with Crippen molar-refractivity contribution in [1.29, 1.82) is 0 Å². The second-order valence-corrected chi connectivity index (χ2v) is 6.38. The van der Waals surface area contributed by atoms with Gasteiger partial charge in [-0.1, -0.05) is 31.4 Å². The van der Waals surface area contributed by atoms with Gasteiger partial charge < -0.3 is 20.1 Å². The van der Waals surface area contributed by atoms with Gasteiger partial charge in [-0.15, -0.1) is 0 Å². The smallest absolute Gasteiger partial charge is 0.319 e. The number of nitro groups is 1. The first-order valence-corrected chi connectivity index (χ1v) is 8.90. The second-order valence-electron chi connectivity index (χ2n) is 5.97. The zero-order valence-corrected chi connectivity index (χ0v) is 15.8. The minimum absolute atomic E-state index is 0.0332. The van der Waals surface area contributed by atoms with Crippen LogP contribution in [0.3, 0.4) is 0 Å². The fourth-order valence-electron chi connectivity index (χ4n) is 2.72. The van der Waals surface area contributed by atoms with Gasteiger partial charge in [-0.05, 0) is 24.6 Å². The van der Waals surface area contributed by atoms with Crippen LogP contribution in [0, 0.1) is 10.1 Å². The van der Waals surface area contributed by atoms with Gasteiger partial charge in [0, 0.05) is 12.7 Å². The summed E-state index contributed by atoms with van der Waals surface area (Å²) in [6.45, 7) is 3.67. The Morgan fingerprint density at radius 3 is 2.77 bits per heavy atom. The summed E-state index contributed by atoms with van der Waals surface area (Å²) in [5, 5.41) is 11.8. The number of nitro benzene ring substituents is 1. The molecule has 0 fully saturated rings. The molecule has 0 radical (unpaired) electrons. The molecule has 0 amide bonds. The number of anilines is 1. The molecule has 0 bridgehead atoms. The van der Waals surface area contributed by atoms with E-state index in [4.69, 9.17) is 26.8 Å². The number of unbranched alkanes of at least 4 members (excludes halogenated alkanes) is 2. The summed E-state index contributed by atoms with van der Waals surface area (Å²) < 4.78 is 10.8. The van der Waals surface area contributed by atoms with Crippen molar-refractivity contribution in [1.82, 2.24) is 4.90 Å². The van der Waals surface area contributed by atoms with Crippen LogP contribution in [-0.2, 0) is 11.3 Å². The highest BCUT2D eigenvalue weighted by Crippen LogP contribution is 2.41. The second kappa shape index (κ2) is 9.33. The average molecular weight is 382 g/mol. The van der Waals surface area contributed by atoms with Crippen molar-refractivity contribution in [3.8, 4) is 5.75 Å². The predicted octanol–water partition coefficient (Wildman–Crippen LogP) is 4.26. The monoisotopic (exact) mass is 381 g/mol. The van der Waals surface area contributed by atoms with Crippen LogP contribution >= 0.6 is 11.6 Å². The molecule has 142 valence electrons. The van der Waals surface area contributed by atoms with Gasteiger partial charge >= 0.3 is 5.69 Å². The zero-order chi connectivity index (χ0) is 19.1. The first kappa shape index (κ1) is 19.9. The summed E-state index contributed by atoms with van der Waals surface area (Å²) in [5.74, 6) is 0.846. The lowest BCUT2D eigenvalue weighted by molar-refractivity contribution is -0.386. The van der Waals surface area contributed by atoms with Crippen LogP contribution < -0.4 is 10.5 Å². The van der Waals surface area contributed by atoms with E-state index in [1.807, 2.05) is 23.3 Å². The van der Waals surface area contributed by atoms with Crippen molar-refractivity contribution in [2.75, 3.05) is 26.0 Å². The summed E-state index contributed by atoms with van der Waals surface area (Å²) in [4.78, 5) is 12.9. The van der Waals surface area contributed by atoms with E-state index in [2.05, 4.69) is 6.92 Å². The molecule has 2 rings (SSSR count). The number of benzene rings is 1. The molecule has 0 spiro atoms. The summed E-state index contributed by atoms with van der Waals surface area (Å²) >= 11 is 6.22. The molecule has 0 unspecified atom stereocenters. The van der Waals surface area contributed by atoms with E-state index in [1.165, 1.54) is 13.2 Å². The first-order valence-electron chi connectivity index (χ1n) is 8.52. The lowest BCUT2D eigenvalue weighted by Gasteiger charge is -2.23. The molecule has 1 aromatic rings. The van der Waals surface area contributed by atoms with Crippen LogP contribution in [-0.4, -0.2) is 30.1 Å². The molecule has 1 aromatic carbocycles. The van der Waals surface area contributed by atoms with E-state index in [0.29, 0.717) is 18.7 Å². The normalized spacial score (nSPS) is 13.5. The van der Waals surface area contributed by atoms with Gasteiger partial charge in [0.05, 0.1) is 41.5 Å². The first-order chi connectivity index (χ1) is 12.5. The number of hydrogen-bond donors (Lipinski definition) is 1. The van der Waals surface area contributed by atoms with Crippen LogP contribution in [0.25, 0.3) is 0 Å².